The van der Waals surface area contributed by atoms with Crippen LogP contribution in [0.5, 0.6) is 0 Å². The largest absolute Gasteiger partial charge is 0.438 e. The molecule has 17 heavy (non-hydrogen) atoms. The van der Waals surface area contributed by atoms with E-state index in [2.05, 4.69) is 0 Å². The molecular formula is C11H11Cl2NO3. The molecule has 0 unspecified atom stereocenters. The van der Waals surface area contributed by atoms with Gasteiger partial charge in [0.15, 0.2) is 6.10 Å². The zero-order valence-corrected chi connectivity index (χ0v) is 10.6. The summed E-state index contributed by atoms with van der Waals surface area (Å²) < 4.78 is 4.70. The summed E-state index contributed by atoms with van der Waals surface area (Å²) in [5.41, 5.74) is 5.13. The zero-order valence-electron chi connectivity index (χ0n) is 9.07. The quantitative estimate of drug-likeness (QED) is 0.859. The molecule has 0 bridgehead atoms. The fourth-order valence-electron chi connectivity index (χ4n) is 1.33. The van der Waals surface area contributed by atoms with Crippen molar-refractivity contribution >= 4 is 35.1 Å². The van der Waals surface area contributed by atoms with Crippen molar-refractivity contribution in [2.24, 2.45) is 5.73 Å². The second-order valence-electron chi connectivity index (χ2n) is 3.32. The number of benzene rings is 1. The Bertz CT molecular complexity index is 448. The van der Waals surface area contributed by atoms with E-state index in [0.29, 0.717) is 11.4 Å². The van der Waals surface area contributed by atoms with Crippen molar-refractivity contribution in [3.05, 3.63) is 33.8 Å². The number of Topliss-reactive ketones (excluding diaryl/α,β-unsaturated/α-hetero) is 1. The van der Waals surface area contributed by atoms with Crippen molar-refractivity contribution in [3.63, 3.8) is 0 Å². The van der Waals surface area contributed by atoms with E-state index in [1.165, 1.54) is 18.2 Å². The summed E-state index contributed by atoms with van der Waals surface area (Å²) >= 11 is 11.6. The molecule has 0 saturated heterocycles. The van der Waals surface area contributed by atoms with E-state index in [9.17, 15) is 9.59 Å². The molecule has 0 saturated carbocycles. The van der Waals surface area contributed by atoms with E-state index in [0.717, 1.165) is 0 Å². The number of hydrogen-bond acceptors (Lipinski definition) is 3. The molecule has 0 fully saturated rings. The molecule has 0 aromatic heterocycles. The minimum absolute atomic E-state index is 0.217. The van der Waals surface area contributed by atoms with E-state index in [-0.39, 0.29) is 10.6 Å². The summed E-state index contributed by atoms with van der Waals surface area (Å²) in [6.45, 7) is 1.70. The zero-order chi connectivity index (χ0) is 13.0. The van der Waals surface area contributed by atoms with Gasteiger partial charge in [-0.3, -0.25) is 4.79 Å². The second-order valence-corrected chi connectivity index (χ2v) is 4.17. The molecule has 0 aliphatic heterocycles. The number of amides is 1. The van der Waals surface area contributed by atoms with Gasteiger partial charge < -0.3 is 10.5 Å². The van der Waals surface area contributed by atoms with Crippen molar-refractivity contribution in [1.82, 2.24) is 0 Å². The molecule has 4 nitrogen and oxygen atoms in total. The molecule has 0 radical (unpaired) electrons. The SMILES string of the molecule is CC[C@@H](OC(N)=O)C(=O)c1ccc(Cl)cc1Cl. The van der Waals surface area contributed by atoms with Gasteiger partial charge in [0.05, 0.1) is 5.02 Å². The van der Waals surface area contributed by atoms with E-state index in [1.807, 2.05) is 0 Å². The molecule has 6 heteroatoms. The van der Waals surface area contributed by atoms with Gasteiger partial charge in [-0.15, -0.1) is 0 Å². The Morgan fingerprint density at radius 2 is 2.06 bits per heavy atom. The van der Waals surface area contributed by atoms with Crippen LogP contribution in [-0.4, -0.2) is 18.0 Å². The lowest BCUT2D eigenvalue weighted by Crippen LogP contribution is -2.29. The number of halogens is 2. The number of nitrogens with two attached hydrogens (primary N) is 1. The topological polar surface area (TPSA) is 69.4 Å². The average molecular weight is 276 g/mol. The highest BCUT2D eigenvalue weighted by molar-refractivity contribution is 6.37. The number of ketones is 1. The molecule has 1 aromatic rings. The lowest BCUT2D eigenvalue weighted by molar-refractivity contribution is 0.0647. The summed E-state index contributed by atoms with van der Waals surface area (Å²) in [6.07, 6.45) is -1.60. The normalized spacial score (nSPS) is 11.9. The number of ether oxygens (including phenoxy) is 1. The van der Waals surface area contributed by atoms with Crippen molar-refractivity contribution < 1.29 is 14.3 Å². The molecule has 1 aromatic carbocycles. The van der Waals surface area contributed by atoms with Gasteiger partial charge in [-0.1, -0.05) is 30.1 Å². The lowest BCUT2D eigenvalue weighted by atomic mass is 10.0. The van der Waals surface area contributed by atoms with Crippen LogP contribution in [0.1, 0.15) is 23.7 Å². The molecule has 0 aliphatic rings. The van der Waals surface area contributed by atoms with Gasteiger partial charge in [0.2, 0.25) is 5.78 Å². The Kier molecular flexibility index (Phi) is 4.78. The number of rotatable bonds is 4. The van der Waals surface area contributed by atoms with Gasteiger partial charge in [-0.2, -0.15) is 0 Å². The summed E-state index contributed by atoms with van der Waals surface area (Å²) in [5.74, 6) is -0.395. The Labute approximate surface area is 109 Å². The molecule has 1 amide bonds. The van der Waals surface area contributed by atoms with E-state index >= 15 is 0 Å². The first kappa shape index (κ1) is 13.8. The summed E-state index contributed by atoms with van der Waals surface area (Å²) in [5, 5.41) is 0.643. The van der Waals surface area contributed by atoms with Crippen LogP contribution in [-0.2, 0) is 4.74 Å². The molecule has 1 rings (SSSR count). The lowest BCUT2D eigenvalue weighted by Gasteiger charge is -2.14. The molecule has 0 spiro atoms. The van der Waals surface area contributed by atoms with Gasteiger partial charge in [-0.25, -0.2) is 4.79 Å². The standard InChI is InChI=1S/C11H11Cl2NO3/c1-2-9(17-11(14)16)10(15)7-4-3-6(12)5-8(7)13/h3-5,9H,2H2,1H3,(H2,14,16)/t9-/m1/s1. The van der Waals surface area contributed by atoms with Crippen molar-refractivity contribution in [1.29, 1.82) is 0 Å². The third kappa shape index (κ3) is 3.61. The molecule has 0 heterocycles. The third-order valence-corrected chi connectivity index (χ3v) is 2.67. The minimum Gasteiger partial charge on any atom is -0.438 e. The van der Waals surface area contributed by atoms with Crippen molar-refractivity contribution in [2.45, 2.75) is 19.4 Å². The van der Waals surface area contributed by atoms with Crippen LogP contribution < -0.4 is 5.73 Å². The maximum Gasteiger partial charge on any atom is 0.405 e. The highest BCUT2D eigenvalue weighted by atomic mass is 35.5. The first-order chi connectivity index (χ1) is 7.95. The van der Waals surface area contributed by atoms with E-state index < -0.39 is 18.0 Å². The number of primary amides is 1. The summed E-state index contributed by atoms with van der Waals surface area (Å²) in [4.78, 5) is 22.6. The van der Waals surface area contributed by atoms with E-state index in [4.69, 9.17) is 33.7 Å². The Hall–Kier alpha value is -1.26. The predicted molar refractivity (Wildman–Crippen MR) is 65.5 cm³/mol. The number of carbonyl (C=O) groups excluding carboxylic acids is 2. The maximum absolute atomic E-state index is 12.0. The van der Waals surface area contributed by atoms with Crippen molar-refractivity contribution in [3.8, 4) is 0 Å². The number of carbonyl (C=O) groups is 2. The Morgan fingerprint density at radius 3 is 2.53 bits per heavy atom. The fourth-order valence-corrected chi connectivity index (χ4v) is 1.83. The minimum atomic E-state index is -0.990. The van der Waals surface area contributed by atoms with Crippen LogP contribution >= 0.6 is 23.2 Å². The summed E-state index contributed by atoms with van der Waals surface area (Å²) in [6, 6.07) is 4.48. The second kappa shape index (κ2) is 5.89. The van der Waals surface area contributed by atoms with Crippen LogP contribution in [0.15, 0.2) is 18.2 Å². The van der Waals surface area contributed by atoms with Gasteiger partial charge in [0.25, 0.3) is 0 Å². The molecule has 1 atom stereocenters. The number of hydrogen-bond donors (Lipinski definition) is 1. The summed E-state index contributed by atoms with van der Waals surface area (Å²) in [7, 11) is 0. The van der Waals surface area contributed by atoms with Crippen LogP contribution in [0, 0.1) is 0 Å². The predicted octanol–water partition coefficient (Wildman–Crippen LogP) is 3.05. The van der Waals surface area contributed by atoms with Gasteiger partial charge >= 0.3 is 6.09 Å². The maximum atomic E-state index is 12.0. The first-order valence-corrected chi connectivity index (χ1v) is 5.66. The third-order valence-electron chi connectivity index (χ3n) is 2.12. The van der Waals surface area contributed by atoms with E-state index in [1.54, 1.807) is 6.92 Å². The first-order valence-electron chi connectivity index (χ1n) is 4.91. The van der Waals surface area contributed by atoms with Crippen LogP contribution in [0.3, 0.4) is 0 Å². The smallest absolute Gasteiger partial charge is 0.405 e. The van der Waals surface area contributed by atoms with Gasteiger partial charge in [-0.05, 0) is 24.6 Å². The Morgan fingerprint density at radius 1 is 1.41 bits per heavy atom. The van der Waals surface area contributed by atoms with Gasteiger partial charge in [0.1, 0.15) is 0 Å². The monoisotopic (exact) mass is 275 g/mol. The van der Waals surface area contributed by atoms with Crippen LogP contribution in [0.2, 0.25) is 10.0 Å². The van der Waals surface area contributed by atoms with Crippen LogP contribution in [0.4, 0.5) is 4.79 Å². The molecule has 0 aliphatic carbocycles. The highest BCUT2D eigenvalue weighted by Gasteiger charge is 2.23. The molecule has 92 valence electrons. The van der Waals surface area contributed by atoms with Crippen LogP contribution in [0.25, 0.3) is 0 Å². The van der Waals surface area contributed by atoms with Crippen molar-refractivity contribution in [2.75, 3.05) is 0 Å². The van der Waals surface area contributed by atoms with Gasteiger partial charge in [0, 0.05) is 10.6 Å². The molecule has 2 N–H and O–H groups in total. The fraction of sp³-hybridized carbons (Fsp3) is 0.273. The highest BCUT2D eigenvalue weighted by Crippen LogP contribution is 2.23. The average Bonchev–Trinajstić information content (AvgIpc) is 2.24. The molecular weight excluding hydrogens is 265 g/mol. The Balaban J connectivity index is 2.97.